The zero-order chi connectivity index (χ0) is 17.2. The fraction of sp³-hybridized carbons (Fsp3) is 0.118. The molecular formula is C17H17N3O3S. The molecule has 6 nitrogen and oxygen atoms in total. The lowest BCUT2D eigenvalue weighted by atomic mass is 10.1. The van der Waals surface area contributed by atoms with E-state index in [-0.39, 0.29) is 4.90 Å². The molecule has 3 rings (SSSR count). The normalized spacial score (nSPS) is 11.2. The van der Waals surface area contributed by atoms with E-state index in [2.05, 4.69) is 14.7 Å². The molecule has 0 saturated carbocycles. The fourth-order valence-corrected chi connectivity index (χ4v) is 3.50. The lowest BCUT2D eigenvalue weighted by molar-refractivity contribution is 0.416. The van der Waals surface area contributed by atoms with Crippen LogP contribution in [0.15, 0.2) is 59.8 Å². The van der Waals surface area contributed by atoms with Gasteiger partial charge >= 0.3 is 0 Å². The molecule has 0 unspecified atom stereocenters. The van der Waals surface area contributed by atoms with Crippen molar-refractivity contribution in [2.45, 2.75) is 11.8 Å². The van der Waals surface area contributed by atoms with Crippen molar-refractivity contribution in [2.24, 2.45) is 0 Å². The summed E-state index contributed by atoms with van der Waals surface area (Å²) in [6.07, 6.45) is 3.39. The fourth-order valence-electron chi connectivity index (χ4n) is 2.36. The number of aromatic nitrogens is 2. The minimum atomic E-state index is -3.73. The number of nitrogens with zero attached hydrogens (tertiary/aromatic N) is 1. The number of nitrogens with one attached hydrogen (secondary N) is 2. The van der Waals surface area contributed by atoms with Crippen molar-refractivity contribution >= 4 is 15.7 Å². The number of pyridine rings is 1. The summed E-state index contributed by atoms with van der Waals surface area (Å²) in [5, 5.41) is 0. The Kier molecular flexibility index (Phi) is 4.26. The molecule has 0 bridgehead atoms. The molecule has 2 N–H and O–H groups in total. The number of ether oxygens (including phenoxy) is 1. The van der Waals surface area contributed by atoms with Gasteiger partial charge in [-0.3, -0.25) is 9.71 Å². The van der Waals surface area contributed by atoms with Gasteiger partial charge in [0, 0.05) is 23.7 Å². The van der Waals surface area contributed by atoms with E-state index in [1.165, 1.54) is 6.07 Å². The van der Waals surface area contributed by atoms with Crippen LogP contribution < -0.4 is 9.46 Å². The van der Waals surface area contributed by atoms with Crippen molar-refractivity contribution in [1.82, 2.24) is 9.97 Å². The average Bonchev–Trinajstić information content (AvgIpc) is 3.10. The first-order chi connectivity index (χ1) is 11.5. The van der Waals surface area contributed by atoms with Crippen LogP contribution in [-0.4, -0.2) is 25.5 Å². The van der Waals surface area contributed by atoms with Crippen molar-refractivity contribution in [2.75, 3.05) is 11.8 Å². The standard InChI is InChI=1S/C17H17N3O3S/c1-12-15(5-3-9-18-12)20-24(21,22)13-7-8-17(23-2)14(11-13)16-6-4-10-19-16/h3-11,19-20H,1-2H3. The average molecular weight is 343 g/mol. The predicted molar refractivity (Wildman–Crippen MR) is 92.6 cm³/mol. The summed E-state index contributed by atoms with van der Waals surface area (Å²) in [6, 6.07) is 11.8. The molecule has 1 aromatic carbocycles. The third-order valence-electron chi connectivity index (χ3n) is 3.62. The van der Waals surface area contributed by atoms with Gasteiger partial charge in [-0.2, -0.15) is 0 Å². The molecule has 2 heterocycles. The van der Waals surface area contributed by atoms with Crippen LogP contribution in [-0.2, 0) is 10.0 Å². The summed E-state index contributed by atoms with van der Waals surface area (Å²) in [4.78, 5) is 7.30. The van der Waals surface area contributed by atoms with E-state index in [9.17, 15) is 8.42 Å². The predicted octanol–water partition coefficient (Wildman–Crippen LogP) is 3.19. The maximum atomic E-state index is 12.7. The minimum absolute atomic E-state index is 0.149. The number of hydrogen-bond acceptors (Lipinski definition) is 4. The molecular weight excluding hydrogens is 326 g/mol. The lowest BCUT2D eigenvalue weighted by Gasteiger charge is -2.12. The maximum absolute atomic E-state index is 12.7. The Morgan fingerprint density at radius 1 is 1.17 bits per heavy atom. The Hall–Kier alpha value is -2.80. The second-order valence-corrected chi connectivity index (χ2v) is 6.87. The van der Waals surface area contributed by atoms with Crippen LogP contribution in [0, 0.1) is 6.92 Å². The van der Waals surface area contributed by atoms with Crippen molar-refractivity contribution in [3.8, 4) is 17.0 Å². The molecule has 24 heavy (non-hydrogen) atoms. The largest absolute Gasteiger partial charge is 0.496 e. The number of rotatable bonds is 5. The van der Waals surface area contributed by atoms with Gasteiger partial charge in [0.15, 0.2) is 0 Å². The topological polar surface area (TPSA) is 84.1 Å². The summed E-state index contributed by atoms with van der Waals surface area (Å²) in [5.74, 6) is 0.592. The van der Waals surface area contributed by atoms with E-state index in [0.717, 1.165) is 5.69 Å². The molecule has 7 heteroatoms. The Bertz CT molecular complexity index is 951. The van der Waals surface area contributed by atoms with Gasteiger partial charge in [-0.05, 0) is 49.4 Å². The van der Waals surface area contributed by atoms with Crippen LogP contribution in [0.1, 0.15) is 5.69 Å². The van der Waals surface area contributed by atoms with Gasteiger partial charge in [0.25, 0.3) is 10.0 Å². The summed E-state index contributed by atoms with van der Waals surface area (Å²) < 4.78 is 33.3. The first kappa shape index (κ1) is 16.1. The highest BCUT2D eigenvalue weighted by atomic mass is 32.2. The molecule has 0 aliphatic rings. The molecule has 0 aliphatic heterocycles. The summed E-state index contributed by atoms with van der Waals surface area (Å²) in [5.41, 5.74) is 2.52. The van der Waals surface area contributed by atoms with Crippen molar-refractivity contribution in [3.63, 3.8) is 0 Å². The Balaban J connectivity index is 2.03. The molecule has 0 radical (unpaired) electrons. The summed E-state index contributed by atoms with van der Waals surface area (Å²) in [6.45, 7) is 1.75. The van der Waals surface area contributed by atoms with E-state index in [1.54, 1.807) is 50.7 Å². The zero-order valence-corrected chi connectivity index (χ0v) is 14.1. The molecule has 124 valence electrons. The van der Waals surface area contributed by atoms with Crippen molar-refractivity contribution in [3.05, 3.63) is 60.6 Å². The second-order valence-electron chi connectivity index (χ2n) is 5.19. The van der Waals surface area contributed by atoms with E-state index >= 15 is 0 Å². The van der Waals surface area contributed by atoms with Gasteiger partial charge in [-0.25, -0.2) is 8.42 Å². The third-order valence-corrected chi connectivity index (χ3v) is 4.98. The monoisotopic (exact) mass is 343 g/mol. The molecule has 0 aliphatic carbocycles. The van der Waals surface area contributed by atoms with Gasteiger partial charge in [-0.1, -0.05) is 0 Å². The quantitative estimate of drug-likeness (QED) is 0.745. The SMILES string of the molecule is COc1ccc(S(=O)(=O)Nc2cccnc2C)cc1-c1ccc[nH]1. The number of benzene rings is 1. The van der Waals surface area contributed by atoms with Gasteiger partial charge in [0.1, 0.15) is 5.75 Å². The van der Waals surface area contributed by atoms with Crippen molar-refractivity contribution in [1.29, 1.82) is 0 Å². The highest BCUT2D eigenvalue weighted by Gasteiger charge is 2.18. The first-order valence-corrected chi connectivity index (χ1v) is 8.76. The number of anilines is 1. The zero-order valence-electron chi connectivity index (χ0n) is 13.3. The summed E-state index contributed by atoms with van der Waals surface area (Å²) in [7, 11) is -2.19. The number of methoxy groups -OCH3 is 1. The number of sulfonamides is 1. The van der Waals surface area contributed by atoms with Gasteiger partial charge < -0.3 is 9.72 Å². The highest BCUT2D eigenvalue weighted by Crippen LogP contribution is 2.31. The van der Waals surface area contributed by atoms with E-state index in [4.69, 9.17) is 4.74 Å². The van der Waals surface area contributed by atoms with Crippen LogP contribution in [0.2, 0.25) is 0 Å². The Morgan fingerprint density at radius 2 is 2.00 bits per heavy atom. The maximum Gasteiger partial charge on any atom is 0.261 e. The Labute approximate surface area is 140 Å². The highest BCUT2D eigenvalue weighted by molar-refractivity contribution is 7.92. The third kappa shape index (κ3) is 3.11. The van der Waals surface area contributed by atoms with Crippen LogP contribution in [0.25, 0.3) is 11.3 Å². The number of aromatic amines is 1. The Morgan fingerprint density at radius 3 is 2.67 bits per heavy atom. The van der Waals surface area contributed by atoms with Crippen LogP contribution in [0.5, 0.6) is 5.75 Å². The summed E-state index contributed by atoms with van der Waals surface area (Å²) >= 11 is 0. The van der Waals surface area contributed by atoms with Gasteiger partial charge in [-0.15, -0.1) is 0 Å². The molecule has 0 saturated heterocycles. The molecule has 2 aromatic heterocycles. The van der Waals surface area contributed by atoms with Gasteiger partial charge in [0.05, 0.1) is 23.4 Å². The second kappa shape index (κ2) is 6.37. The van der Waals surface area contributed by atoms with E-state index in [0.29, 0.717) is 22.7 Å². The molecule has 3 aromatic rings. The minimum Gasteiger partial charge on any atom is -0.496 e. The molecule has 0 atom stereocenters. The number of hydrogen-bond donors (Lipinski definition) is 2. The first-order valence-electron chi connectivity index (χ1n) is 7.27. The van der Waals surface area contributed by atoms with Crippen LogP contribution in [0.4, 0.5) is 5.69 Å². The van der Waals surface area contributed by atoms with Gasteiger partial charge in [0.2, 0.25) is 0 Å². The molecule has 0 amide bonds. The van der Waals surface area contributed by atoms with E-state index in [1.807, 2.05) is 12.1 Å². The molecule has 0 fully saturated rings. The van der Waals surface area contributed by atoms with Crippen LogP contribution >= 0.6 is 0 Å². The number of H-pyrrole nitrogens is 1. The van der Waals surface area contributed by atoms with E-state index < -0.39 is 10.0 Å². The molecule has 0 spiro atoms. The lowest BCUT2D eigenvalue weighted by Crippen LogP contribution is -2.14. The van der Waals surface area contributed by atoms with Crippen LogP contribution in [0.3, 0.4) is 0 Å². The van der Waals surface area contributed by atoms with Crippen molar-refractivity contribution < 1.29 is 13.2 Å². The smallest absolute Gasteiger partial charge is 0.261 e. The number of aryl methyl sites for hydroxylation is 1.